The third-order valence-corrected chi connectivity index (χ3v) is 4.90. The summed E-state index contributed by atoms with van der Waals surface area (Å²) in [5.74, 6) is -1.76. The number of sulfonamides is 1. The van der Waals surface area contributed by atoms with Gasteiger partial charge in [-0.15, -0.1) is 0 Å². The van der Waals surface area contributed by atoms with Crippen LogP contribution in [0.2, 0.25) is 0 Å². The Morgan fingerprint density at radius 1 is 0.964 bits per heavy atom. The van der Waals surface area contributed by atoms with Crippen molar-refractivity contribution in [2.45, 2.75) is 4.90 Å². The van der Waals surface area contributed by atoms with Gasteiger partial charge >= 0.3 is 5.97 Å². The topological polar surface area (TPSA) is 131 Å². The van der Waals surface area contributed by atoms with E-state index in [1.165, 1.54) is 43.4 Å². The zero-order chi connectivity index (χ0) is 20.6. The fraction of sp³-hybridized carbons (Fsp3) is 0.167. The van der Waals surface area contributed by atoms with E-state index in [1.807, 2.05) is 0 Å². The van der Waals surface area contributed by atoms with E-state index in [0.717, 1.165) is 0 Å². The van der Waals surface area contributed by atoms with Gasteiger partial charge in [-0.2, -0.15) is 4.72 Å². The number of esters is 1. The Bertz CT molecular complexity index is 943. The van der Waals surface area contributed by atoms with Crippen LogP contribution in [0.3, 0.4) is 0 Å². The van der Waals surface area contributed by atoms with Gasteiger partial charge in [0.2, 0.25) is 10.0 Å². The lowest BCUT2D eigenvalue weighted by molar-refractivity contribution is -0.146. The number of rotatable bonds is 8. The number of amides is 2. The Hall–Kier alpha value is -3.24. The summed E-state index contributed by atoms with van der Waals surface area (Å²) in [5, 5.41) is 4.97. The second-order valence-electron chi connectivity index (χ2n) is 5.50. The molecule has 0 fully saturated rings. The molecule has 0 radical (unpaired) electrons. The maximum atomic E-state index is 12.0. The molecule has 2 aromatic carbocycles. The van der Waals surface area contributed by atoms with E-state index in [4.69, 9.17) is 4.74 Å². The summed E-state index contributed by atoms with van der Waals surface area (Å²) in [6.45, 7) is -1.19. The largest absolute Gasteiger partial charge is 0.455 e. The van der Waals surface area contributed by atoms with Gasteiger partial charge in [-0.1, -0.05) is 18.2 Å². The summed E-state index contributed by atoms with van der Waals surface area (Å²) in [6.07, 6.45) is 0. The van der Waals surface area contributed by atoms with Crippen LogP contribution in [0.1, 0.15) is 10.4 Å². The first-order chi connectivity index (χ1) is 13.3. The third kappa shape index (κ3) is 6.18. The van der Waals surface area contributed by atoms with Gasteiger partial charge < -0.3 is 15.4 Å². The monoisotopic (exact) mass is 405 g/mol. The maximum absolute atomic E-state index is 12.0. The molecule has 0 atom stereocenters. The first-order valence-corrected chi connectivity index (χ1v) is 9.62. The number of nitrogens with one attached hydrogen (secondary N) is 3. The number of ether oxygens (including phenoxy) is 1. The predicted octanol–water partition coefficient (Wildman–Crippen LogP) is 0.506. The van der Waals surface area contributed by atoms with Gasteiger partial charge in [-0.05, 0) is 36.4 Å². The molecule has 10 heteroatoms. The standard InChI is InChI=1S/C18H19N3O6S/c1-19-18(24)13-7-9-14(10-8-13)21-16(22)12-27-17(23)11-20-28(25,26)15-5-3-2-4-6-15/h2-10,20H,11-12H2,1H3,(H,19,24)(H,21,22). The number of hydrogen-bond donors (Lipinski definition) is 3. The average molecular weight is 405 g/mol. The molecule has 0 aliphatic heterocycles. The molecule has 0 aliphatic carbocycles. The van der Waals surface area contributed by atoms with Crippen molar-refractivity contribution in [3.05, 3.63) is 60.2 Å². The van der Waals surface area contributed by atoms with Crippen LogP contribution in [0, 0.1) is 0 Å². The lowest BCUT2D eigenvalue weighted by Crippen LogP contribution is -2.32. The zero-order valence-electron chi connectivity index (χ0n) is 15.0. The lowest BCUT2D eigenvalue weighted by atomic mass is 10.2. The van der Waals surface area contributed by atoms with Gasteiger partial charge in [0.1, 0.15) is 6.54 Å². The van der Waals surface area contributed by atoms with Gasteiger partial charge in [-0.25, -0.2) is 8.42 Å². The highest BCUT2D eigenvalue weighted by Gasteiger charge is 2.16. The molecule has 148 valence electrons. The average Bonchev–Trinajstić information content (AvgIpc) is 2.71. The van der Waals surface area contributed by atoms with Crippen LogP contribution in [0.4, 0.5) is 5.69 Å². The first kappa shape index (κ1) is 21.1. The number of anilines is 1. The van der Waals surface area contributed by atoms with Gasteiger partial charge in [-0.3, -0.25) is 14.4 Å². The number of carbonyl (C=O) groups excluding carboxylic acids is 3. The molecule has 0 unspecified atom stereocenters. The van der Waals surface area contributed by atoms with Crippen LogP contribution >= 0.6 is 0 Å². The highest BCUT2D eigenvalue weighted by molar-refractivity contribution is 7.89. The normalized spacial score (nSPS) is 10.8. The van der Waals surface area contributed by atoms with Crippen molar-refractivity contribution in [2.24, 2.45) is 0 Å². The summed E-state index contributed by atoms with van der Waals surface area (Å²) in [7, 11) is -2.33. The van der Waals surface area contributed by atoms with Crippen molar-refractivity contribution in [2.75, 3.05) is 25.5 Å². The van der Waals surface area contributed by atoms with E-state index in [2.05, 4.69) is 15.4 Å². The van der Waals surface area contributed by atoms with E-state index in [0.29, 0.717) is 11.3 Å². The fourth-order valence-electron chi connectivity index (χ4n) is 2.08. The number of benzene rings is 2. The minimum absolute atomic E-state index is 0.0146. The highest BCUT2D eigenvalue weighted by atomic mass is 32.2. The Labute approximate surface area is 162 Å². The highest BCUT2D eigenvalue weighted by Crippen LogP contribution is 2.09. The summed E-state index contributed by atoms with van der Waals surface area (Å²) in [6, 6.07) is 13.6. The summed E-state index contributed by atoms with van der Waals surface area (Å²) < 4.78 is 30.8. The van der Waals surface area contributed by atoms with Crippen LogP contribution < -0.4 is 15.4 Å². The van der Waals surface area contributed by atoms with Crippen molar-refractivity contribution in [1.82, 2.24) is 10.0 Å². The van der Waals surface area contributed by atoms with Crippen molar-refractivity contribution < 1.29 is 27.5 Å². The molecule has 0 saturated carbocycles. The molecule has 0 aliphatic rings. The zero-order valence-corrected chi connectivity index (χ0v) is 15.8. The maximum Gasteiger partial charge on any atom is 0.321 e. The van der Waals surface area contributed by atoms with Gasteiger partial charge in [0.15, 0.2) is 6.61 Å². The van der Waals surface area contributed by atoms with E-state index in [9.17, 15) is 22.8 Å². The molecule has 0 saturated heterocycles. The van der Waals surface area contributed by atoms with Gasteiger partial charge in [0, 0.05) is 18.3 Å². The predicted molar refractivity (Wildman–Crippen MR) is 101 cm³/mol. The Kier molecular flexibility index (Phi) is 7.24. The van der Waals surface area contributed by atoms with Gasteiger partial charge in [0.25, 0.3) is 11.8 Å². The molecular formula is C18H19N3O6S. The Balaban J connectivity index is 1.78. The van der Waals surface area contributed by atoms with Crippen molar-refractivity contribution in [1.29, 1.82) is 0 Å². The molecule has 0 aromatic heterocycles. The minimum Gasteiger partial charge on any atom is -0.455 e. The van der Waals surface area contributed by atoms with E-state index >= 15 is 0 Å². The Morgan fingerprint density at radius 3 is 2.21 bits per heavy atom. The molecule has 9 nitrogen and oxygen atoms in total. The fourth-order valence-corrected chi connectivity index (χ4v) is 3.07. The molecule has 0 spiro atoms. The SMILES string of the molecule is CNC(=O)c1ccc(NC(=O)COC(=O)CNS(=O)(=O)c2ccccc2)cc1. The van der Waals surface area contributed by atoms with Crippen LogP contribution in [-0.4, -0.2) is 46.4 Å². The molecule has 2 rings (SSSR count). The van der Waals surface area contributed by atoms with Crippen LogP contribution in [0.25, 0.3) is 0 Å². The third-order valence-electron chi connectivity index (χ3n) is 3.48. The van der Waals surface area contributed by atoms with E-state index in [-0.39, 0.29) is 10.8 Å². The van der Waals surface area contributed by atoms with Gasteiger partial charge in [0.05, 0.1) is 4.90 Å². The second kappa shape index (κ2) is 9.62. The van der Waals surface area contributed by atoms with Crippen LogP contribution in [-0.2, 0) is 24.3 Å². The van der Waals surface area contributed by atoms with Crippen molar-refractivity contribution >= 4 is 33.5 Å². The van der Waals surface area contributed by atoms with E-state index < -0.39 is 35.1 Å². The number of hydrogen-bond acceptors (Lipinski definition) is 6. The van der Waals surface area contributed by atoms with E-state index in [1.54, 1.807) is 18.2 Å². The molecule has 2 amide bonds. The summed E-state index contributed by atoms with van der Waals surface area (Å²) >= 11 is 0. The molecule has 2 aromatic rings. The smallest absolute Gasteiger partial charge is 0.321 e. The first-order valence-electron chi connectivity index (χ1n) is 8.14. The quantitative estimate of drug-likeness (QED) is 0.549. The molecule has 3 N–H and O–H groups in total. The van der Waals surface area contributed by atoms with Crippen molar-refractivity contribution in [3.63, 3.8) is 0 Å². The second-order valence-corrected chi connectivity index (χ2v) is 7.27. The summed E-state index contributed by atoms with van der Waals surface area (Å²) in [5.41, 5.74) is 0.844. The molecule has 28 heavy (non-hydrogen) atoms. The molecular weight excluding hydrogens is 386 g/mol. The molecule has 0 bridgehead atoms. The number of carbonyl (C=O) groups is 3. The van der Waals surface area contributed by atoms with Crippen molar-refractivity contribution in [3.8, 4) is 0 Å². The van der Waals surface area contributed by atoms with Crippen LogP contribution in [0.15, 0.2) is 59.5 Å². The Morgan fingerprint density at radius 2 is 1.61 bits per heavy atom. The molecule has 0 heterocycles. The summed E-state index contributed by atoms with van der Waals surface area (Å²) in [4.78, 5) is 34.9. The lowest BCUT2D eigenvalue weighted by Gasteiger charge is -2.08. The van der Waals surface area contributed by atoms with Crippen LogP contribution in [0.5, 0.6) is 0 Å². The minimum atomic E-state index is -3.84.